The number of aliphatic hydroxyl groups excluding tert-OH is 10. The lowest BCUT2D eigenvalue weighted by Crippen LogP contribution is -2.62. The summed E-state index contributed by atoms with van der Waals surface area (Å²) in [5, 5.41) is 123. The highest BCUT2D eigenvalue weighted by molar-refractivity contribution is 5.80. The molecule has 20 heteroatoms. The van der Waals surface area contributed by atoms with Crippen molar-refractivity contribution in [2.24, 2.45) is 23.5 Å². The molecule has 14 N–H and O–H groups in total. The summed E-state index contributed by atoms with van der Waals surface area (Å²) in [6, 6.07) is -1.98. The minimum absolute atomic E-state index is 0.00762. The lowest BCUT2D eigenvalue weighted by molar-refractivity contribution is -0.307. The Labute approximate surface area is 416 Å². The van der Waals surface area contributed by atoms with Gasteiger partial charge in [0.05, 0.1) is 111 Å². The first-order valence-electron chi connectivity index (χ1n) is 24.6. The number of rotatable bonds is 4. The third-order valence-electron chi connectivity index (χ3n) is 13.4. The topological polar surface area (TPSA) is 341 Å². The fourth-order valence-electron chi connectivity index (χ4n) is 8.95. The maximum atomic E-state index is 13.9. The van der Waals surface area contributed by atoms with E-state index in [2.05, 4.69) is 5.32 Å². The van der Waals surface area contributed by atoms with Crippen LogP contribution < -0.4 is 11.1 Å². The van der Waals surface area contributed by atoms with Gasteiger partial charge in [-0.2, -0.15) is 0 Å². The van der Waals surface area contributed by atoms with E-state index in [1.54, 1.807) is 81.5 Å². The molecule has 0 spiro atoms. The van der Waals surface area contributed by atoms with Crippen molar-refractivity contribution in [3.05, 3.63) is 85.1 Å². The fraction of sp³-hybridized carbons (Fsp3) is 0.686. The number of ether oxygens (including phenoxy) is 5. The normalized spacial score (nSPS) is 45.8. The number of cyclic esters (lactones) is 1. The molecule has 4 aliphatic rings. The molecule has 1 amide bonds. The third kappa shape index (κ3) is 19.4. The Balaban J connectivity index is 1.60. The van der Waals surface area contributed by atoms with Crippen molar-refractivity contribution in [2.45, 2.75) is 189 Å². The Hall–Kier alpha value is -3.52. The van der Waals surface area contributed by atoms with E-state index in [1.807, 2.05) is 31.2 Å². The summed E-state index contributed by atoms with van der Waals surface area (Å²) < 4.78 is 29.0. The third-order valence-corrected chi connectivity index (χ3v) is 13.4. The first kappa shape index (κ1) is 60.0. The zero-order valence-corrected chi connectivity index (χ0v) is 41.1. The highest BCUT2D eigenvalue weighted by Crippen LogP contribution is 2.38. The van der Waals surface area contributed by atoms with Gasteiger partial charge in [-0.25, -0.2) is 0 Å². The van der Waals surface area contributed by atoms with Gasteiger partial charge >= 0.3 is 5.97 Å². The predicted molar refractivity (Wildman–Crippen MR) is 258 cm³/mol. The van der Waals surface area contributed by atoms with Crippen LogP contribution in [0.25, 0.3) is 0 Å². The molecule has 4 heterocycles. The Kier molecular flexibility index (Phi) is 24.9. The summed E-state index contributed by atoms with van der Waals surface area (Å²) in [7, 11) is 0. The van der Waals surface area contributed by atoms with Crippen LogP contribution in [0, 0.1) is 17.8 Å². The predicted octanol–water partition coefficient (Wildman–Crippen LogP) is -0.497. The quantitative estimate of drug-likeness (QED) is 0.158. The van der Waals surface area contributed by atoms with E-state index in [-0.39, 0.29) is 44.8 Å². The lowest BCUT2D eigenvalue weighted by Gasteiger charge is -2.46. The van der Waals surface area contributed by atoms with E-state index >= 15 is 0 Å². The number of esters is 1. The second-order valence-corrected chi connectivity index (χ2v) is 19.4. The molecule has 3 saturated heterocycles. The van der Waals surface area contributed by atoms with Crippen molar-refractivity contribution in [2.75, 3.05) is 13.2 Å². The van der Waals surface area contributed by atoms with Gasteiger partial charge in [0.15, 0.2) is 12.1 Å². The van der Waals surface area contributed by atoms with Crippen LogP contribution in [0.15, 0.2) is 85.1 Å². The van der Waals surface area contributed by atoms with Crippen LogP contribution in [0.2, 0.25) is 0 Å². The van der Waals surface area contributed by atoms with Crippen LogP contribution in [0.4, 0.5) is 0 Å². The SMILES string of the molecule is C[C@@H]1OC(=O)CC(O)CC(O)CCC(O)C(O)C[C@H](O)CC2(O)C[C@H](O)C(C(=O)NC3COCC3O)[C@H](CC(O[C@@H]3O[C@H](C)[C@@H](O)[C@H](N)[C@@H]3O)/C=C/C=C/C=C/C=C/C=C/C=C/C=C/[C@H](C)C(O)[C@H]1C)O2. The van der Waals surface area contributed by atoms with E-state index in [9.17, 15) is 65.8 Å². The van der Waals surface area contributed by atoms with E-state index in [1.165, 1.54) is 0 Å². The van der Waals surface area contributed by atoms with E-state index in [0.29, 0.717) is 0 Å². The summed E-state index contributed by atoms with van der Waals surface area (Å²) in [5.74, 6) is -5.95. The molecule has 4 rings (SSSR count). The smallest absolute Gasteiger partial charge is 0.308 e. The molecule has 0 aliphatic carbocycles. The number of nitrogens with one attached hydrogen (secondary N) is 1. The van der Waals surface area contributed by atoms with Gasteiger partial charge in [-0.05, 0) is 33.1 Å². The molecule has 0 saturated carbocycles. The summed E-state index contributed by atoms with van der Waals surface area (Å²) in [4.78, 5) is 26.6. The Bertz CT molecular complexity index is 1840. The lowest BCUT2D eigenvalue weighted by atomic mass is 9.82. The van der Waals surface area contributed by atoms with E-state index in [0.717, 1.165) is 0 Å². The van der Waals surface area contributed by atoms with Crippen LogP contribution in [0.1, 0.15) is 79.1 Å². The number of allylic oxidation sites excluding steroid dienone is 12. The Morgan fingerprint density at radius 3 is 1.87 bits per heavy atom. The molecule has 10 unspecified atom stereocenters. The van der Waals surface area contributed by atoms with Gasteiger partial charge in [0, 0.05) is 37.5 Å². The molecule has 402 valence electrons. The van der Waals surface area contributed by atoms with Crippen LogP contribution in [-0.2, 0) is 33.3 Å². The van der Waals surface area contributed by atoms with Crippen molar-refractivity contribution >= 4 is 11.9 Å². The standard InChI is InChI=1S/C51H80N2O18/c1-29-17-15-13-11-9-7-5-6-8-10-12-14-16-18-36(70-50-48(64)45(52)47(63)32(4)69-50)24-42-44(49(65)53-37-27-67-28-41(37)60)40(59)26-51(66,71-42)25-35(56)22-39(58)38(57)20-19-33(54)21-34(55)23-43(61)68-31(3)30(2)46(29)62/h5-18,29-42,44-48,50,54-60,62-64,66H,19-28,52H2,1-4H3,(H,53,65)/b6-5+,9-7+,10-8+,13-11+,14-12+,17-15+,18-16+/t29-,30-,31-,32+,33?,34?,35-,36?,37?,38?,39?,40-,41?,42-,44?,45-,46?,47+,48-,50-,51?/m0/s1. The van der Waals surface area contributed by atoms with Crippen molar-refractivity contribution in [3.63, 3.8) is 0 Å². The molecule has 20 nitrogen and oxygen atoms in total. The Morgan fingerprint density at radius 2 is 1.27 bits per heavy atom. The molecule has 21 atom stereocenters. The van der Waals surface area contributed by atoms with Gasteiger partial charge in [-0.1, -0.05) is 98.9 Å². The number of nitrogens with two attached hydrogens (primary N) is 1. The average molecular weight is 1010 g/mol. The minimum Gasteiger partial charge on any atom is -0.462 e. The van der Waals surface area contributed by atoms with Crippen LogP contribution in [0.5, 0.6) is 0 Å². The van der Waals surface area contributed by atoms with Crippen molar-refractivity contribution in [1.82, 2.24) is 5.32 Å². The highest BCUT2D eigenvalue weighted by atomic mass is 16.7. The molecule has 71 heavy (non-hydrogen) atoms. The molecule has 0 aromatic heterocycles. The van der Waals surface area contributed by atoms with Gasteiger partial charge in [0.25, 0.3) is 0 Å². The second kappa shape index (κ2) is 29.4. The van der Waals surface area contributed by atoms with Crippen molar-refractivity contribution in [1.29, 1.82) is 0 Å². The summed E-state index contributed by atoms with van der Waals surface area (Å²) in [6.07, 6.45) is 2.79. The second-order valence-electron chi connectivity index (χ2n) is 19.4. The first-order valence-corrected chi connectivity index (χ1v) is 24.6. The first-order chi connectivity index (χ1) is 33.6. The molecule has 4 aliphatic heterocycles. The molecule has 0 aromatic carbocycles. The summed E-state index contributed by atoms with van der Waals surface area (Å²) in [5.41, 5.74) is 6.10. The number of hydrogen-bond acceptors (Lipinski definition) is 19. The average Bonchev–Trinajstić information content (AvgIpc) is 3.70. The van der Waals surface area contributed by atoms with Gasteiger partial charge in [-0.15, -0.1) is 0 Å². The number of carbonyl (C=O) groups excluding carboxylic acids is 2. The molecule has 0 radical (unpaired) electrons. The van der Waals surface area contributed by atoms with Crippen LogP contribution >= 0.6 is 0 Å². The number of carbonyl (C=O) groups is 2. The van der Waals surface area contributed by atoms with Gasteiger partial charge in [0.2, 0.25) is 5.91 Å². The van der Waals surface area contributed by atoms with Crippen molar-refractivity contribution in [3.8, 4) is 0 Å². The van der Waals surface area contributed by atoms with Crippen molar-refractivity contribution < 1.29 is 89.4 Å². The van der Waals surface area contributed by atoms with Crippen LogP contribution in [0.3, 0.4) is 0 Å². The maximum absolute atomic E-state index is 13.9. The fourth-order valence-corrected chi connectivity index (χ4v) is 8.95. The number of fused-ring (bicyclic) bond motifs is 2. The summed E-state index contributed by atoms with van der Waals surface area (Å²) in [6.45, 7) is 6.72. The van der Waals surface area contributed by atoms with E-state index in [4.69, 9.17) is 29.4 Å². The van der Waals surface area contributed by atoms with Gasteiger partial charge < -0.3 is 90.9 Å². The highest BCUT2D eigenvalue weighted by Gasteiger charge is 2.51. The largest absolute Gasteiger partial charge is 0.462 e. The monoisotopic (exact) mass is 1010 g/mol. The zero-order chi connectivity index (χ0) is 52.4. The molecule has 3 fully saturated rings. The molecule has 2 bridgehead atoms. The van der Waals surface area contributed by atoms with Crippen LogP contribution in [-0.4, -0.2) is 191 Å². The minimum atomic E-state index is -2.32. The molecular weight excluding hydrogens is 929 g/mol. The van der Waals surface area contributed by atoms with Gasteiger partial charge in [-0.3, -0.25) is 9.59 Å². The maximum Gasteiger partial charge on any atom is 0.308 e. The number of hydrogen-bond donors (Lipinski definition) is 13. The van der Waals surface area contributed by atoms with Gasteiger partial charge in [0.1, 0.15) is 12.2 Å². The molecule has 0 aromatic rings. The Morgan fingerprint density at radius 1 is 0.662 bits per heavy atom. The summed E-state index contributed by atoms with van der Waals surface area (Å²) >= 11 is 0. The molecular formula is C51H80N2O18. The number of amides is 1. The van der Waals surface area contributed by atoms with E-state index < -0.39 is 159 Å². The number of aliphatic hydroxyl groups is 11. The zero-order valence-electron chi connectivity index (χ0n) is 41.1.